The number of aromatic nitrogens is 2. The van der Waals surface area contributed by atoms with Crippen LogP contribution in [0.1, 0.15) is 10.4 Å². The van der Waals surface area contributed by atoms with Crippen molar-refractivity contribution in [2.75, 3.05) is 5.32 Å². The first-order chi connectivity index (χ1) is 12.6. The monoisotopic (exact) mass is 425 g/mol. The fraction of sp³-hybridized carbons (Fsp3) is 0. The predicted molar refractivity (Wildman–Crippen MR) is 109 cm³/mol. The molecule has 0 saturated heterocycles. The maximum absolute atomic E-state index is 12.6. The lowest BCUT2D eigenvalue weighted by molar-refractivity contribution is 0.102. The number of fused-ring (bicyclic) bond motifs is 1. The third-order valence-corrected chi connectivity index (χ3v) is 5.02. The fourth-order valence-electron chi connectivity index (χ4n) is 2.69. The van der Waals surface area contributed by atoms with Crippen LogP contribution in [0, 0.1) is 0 Å². The summed E-state index contributed by atoms with van der Waals surface area (Å²) in [6.45, 7) is 0. The number of nitrogens with one attached hydrogen (secondary N) is 2. The molecule has 0 radical (unpaired) electrons. The maximum atomic E-state index is 12.6. The van der Waals surface area contributed by atoms with Crippen molar-refractivity contribution in [1.82, 2.24) is 9.97 Å². The lowest BCUT2D eigenvalue weighted by atomic mass is 10.1. The van der Waals surface area contributed by atoms with E-state index in [9.17, 15) is 4.79 Å². The number of amides is 1. The SMILES string of the molecule is O=C(Nc1cc(-c2nc3ccccc3[nH]2)ccc1Cl)c1ccccc1Br. The van der Waals surface area contributed by atoms with Crippen LogP contribution < -0.4 is 5.32 Å². The number of para-hydroxylation sites is 2. The van der Waals surface area contributed by atoms with Crippen LogP contribution in [0.15, 0.2) is 71.2 Å². The molecule has 4 aromatic rings. The van der Waals surface area contributed by atoms with E-state index in [1.54, 1.807) is 12.1 Å². The van der Waals surface area contributed by atoms with E-state index >= 15 is 0 Å². The Morgan fingerprint density at radius 1 is 1.04 bits per heavy atom. The topological polar surface area (TPSA) is 57.8 Å². The molecular formula is C20H13BrClN3O. The molecule has 0 fully saturated rings. The number of benzene rings is 3. The van der Waals surface area contributed by atoms with E-state index in [0.717, 1.165) is 26.9 Å². The Morgan fingerprint density at radius 2 is 1.81 bits per heavy atom. The third kappa shape index (κ3) is 3.23. The highest BCUT2D eigenvalue weighted by Gasteiger charge is 2.13. The van der Waals surface area contributed by atoms with Crippen molar-refractivity contribution in [2.24, 2.45) is 0 Å². The van der Waals surface area contributed by atoms with Gasteiger partial charge in [0.15, 0.2) is 0 Å². The van der Waals surface area contributed by atoms with Gasteiger partial charge in [-0.1, -0.05) is 35.9 Å². The van der Waals surface area contributed by atoms with E-state index in [1.165, 1.54) is 0 Å². The number of nitrogens with zero attached hydrogens (tertiary/aromatic N) is 1. The van der Waals surface area contributed by atoms with Crippen LogP contribution in [0.3, 0.4) is 0 Å². The van der Waals surface area contributed by atoms with Gasteiger partial charge in [0.2, 0.25) is 0 Å². The van der Waals surface area contributed by atoms with Crippen molar-refractivity contribution < 1.29 is 4.79 Å². The Morgan fingerprint density at radius 3 is 2.62 bits per heavy atom. The molecule has 0 aliphatic heterocycles. The number of hydrogen-bond donors (Lipinski definition) is 2. The Hall–Kier alpha value is -2.63. The van der Waals surface area contributed by atoms with Gasteiger partial charge in [-0.25, -0.2) is 4.98 Å². The molecule has 4 nitrogen and oxygen atoms in total. The van der Waals surface area contributed by atoms with Gasteiger partial charge in [-0.15, -0.1) is 0 Å². The number of carbonyl (C=O) groups excluding carboxylic acids is 1. The van der Waals surface area contributed by atoms with E-state index in [4.69, 9.17) is 11.6 Å². The van der Waals surface area contributed by atoms with E-state index in [-0.39, 0.29) is 5.91 Å². The molecule has 0 unspecified atom stereocenters. The second-order valence-corrected chi connectivity index (χ2v) is 6.99. The van der Waals surface area contributed by atoms with Crippen molar-refractivity contribution >= 4 is 50.2 Å². The van der Waals surface area contributed by atoms with Gasteiger partial charge in [-0.05, 0) is 58.4 Å². The molecule has 26 heavy (non-hydrogen) atoms. The fourth-order valence-corrected chi connectivity index (χ4v) is 3.32. The molecule has 1 aromatic heterocycles. The molecule has 128 valence electrons. The van der Waals surface area contributed by atoms with Crippen LogP contribution in [0.25, 0.3) is 22.4 Å². The van der Waals surface area contributed by atoms with Crippen LogP contribution in [-0.4, -0.2) is 15.9 Å². The van der Waals surface area contributed by atoms with Gasteiger partial charge >= 0.3 is 0 Å². The summed E-state index contributed by atoms with van der Waals surface area (Å²) < 4.78 is 0.724. The zero-order chi connectivity index (χ0) is 18.1. The highest BCUT2D eigenvalue weighted by molar-refractivity contribution is 9.10. The number of carbonyl (C=O) groups is 1. The van der Waals surface area contributed by atoms with E-state index in [2.05, 4.69) is 31.2 Å². The minimum Gasteiger partial charge on any atom is -0.338 e. The summed E-state index contributed by atoms with van der Waals surface area (Å²) in [5.41, 5.74) is 3.75. The Kier molecular flexibility index (Phi) is 4.49. The summed E-state index contributed by atoms with van der Waals surface area (Å²) in [7, 11) is 0. The van der Waals surface area contributed by atoms with Crippen LogP contribution in [-0.2, 0) is 0 Å². The Balaban J connectivity index is 1.68. The summed E-state index contributed by atoms with van der Waals surface area (Å²) in [6, 6.07) is 20.5. The van der Waals surface area contributed by atoms with Gasteiger partial charge in [0.25, 0.3) is 5.91 Å². The van der Waals surface area contributed by atoms with Gasteiger partial charge in [0, 0.05) is 10.0 Å². The number of H-pyrrole nitrogens is 1. The standard InChI is InChI=1S/C20H13BrClN3O/c21-14-6-2-1-5-13(14)20(26)25-18-11-12(9-10-15(18)22)19-23-16-7-3-4-8-17(16)24-19/h1-11H,(H,23,24)(H,25,26). The molecule has 1 heterocycles. The lowest BCUT2D eigenvalue weighted by Gasteiger charge is -2.10. The van der Waals surface area contributed by atoms with E-state index in [0.29, 0.717) is 16.3 Å². The normalized spacial score (nSPS) is 10.8. The number of halogens is 2. The quantitative estimate of drug-likeness (QED) is 0.428. The largest absolute Gasteiger partial charge is 0.338 e. The van der Waals surface area contributed by atoms with Gasteiger partial charge in [-0.2, -0.15) is 0 Å². The molecule has 0 bridgehead atoms. The summed E-state index contributed by atoms with van der Waals surface area (Å²) in [5, 5.41) is 3.33. The molecule has 2 N–H and O–H groups in total. The molecule has 3 aromatic carbocycles. The second-order valence-electron chi connectivity index (χ2n) is 5.73. The predicted octanol–water partition coefficient (Wildman–Crippen LogP) is 5.90. The van der Waals surface area contributed by atoms with Crippen LogP contribution in [0.2, 0.25) is 5.02 Å². The minimum atomic E-state index is -0.235. The third-order valence-electron chi connectivity index (χ3n) is 4.00. The second kappa shape index (κ2) is 6.94. The van der Waals surface area contributed by atoms with Gasteiger partial charge < -0.3 is 10.3 Å². The molecule has 4 rings (SSSR count). The first-order valence-electron chi connectivity index (χ1n) is 7.92. The molecule has 0 saturated carbocycles. The molecular weight excluding hydrogens is 414 g/mol. The first-order valence-corrected chi connectivity index (χ1v) is 9.09. The number of aromatic amines is 1. The van der Waals surface area contributed by atoms with E-state index in [1.807, 2.05) is 54.6 Å². The summed E-state index contributed by atoms with van der Waals surface area (Å²) in [6.07, 6.45) is 0. The number of anilines is 1. The zero-order valence-electron chi connectivity index (χ0n) is 13.5. The number of hydrogen-bond acceptors (Lipinski definition) is 2. The number of rotatable bonds is 3. The molecule has 0 aliphatic rings. The summed E-state index contributed by atoms with van der Waals surface area (Å²) in [5.74, 6) is 0.486. The Bertz CT molecular complexity index is 1090. The lowest BCUT2D eigenvalue weighted by Crippen LogP contribution is -2.12. The van der Waals surface area contributed by atoms with Crippen molar-refractivity contribution in [3.05, 3.63) is 81.8 Å². The molecule has 0 atom stereocenters. The summed E-state index contributed by atoms with van der Waals surface area (Å²) in [4.78, 5) is 20.4. The Labute approximate surface area is 163 Å². The van der Waals surface area contributed by atoms with Gasteiger partial charge in [-0.3, -0.25) is 4.79 Å². The molecule has 1 amide bonds. The maximum Gasteiger partial charge on any atom is 0.256 e. The van der Waals surface area contributed by atoms with Crippen molar-refractivity contribution in [3.63, 3.8) is 0 Å². The van der Waals surface area contributed by atoms with Gasteiger partial charge in [0.05, 0.1) is 27.3 Å². The minimum absolute atomic E-state index is 0.235. The van der Waals surface area contributed by atoms with Crippen LogP contribution >= 0.6 is 27.5 Å². The average Bonchev–Trinajstić information content (AvgIpc) is 3.08. The average molecular weight is 427 g/mol. The van der Waals surface area contributed by atoms with Gasteiger partial charge in [0.1, 0.15) is 5.82 Å². The zero-order valence-corrected chi connectivity index (χ0v) is 15.8. The van der Waals surface area contributed by atoms with Crippen LogP contribution in [0.4, 0.5) is 5.69 Å². The van der Waals surface area contributed by atoms with Crippen molar-refractivity contribution in [3.8, 4) is 11.4 Å². The highest BCUT2D eigenvalue weighted by atomic mass is 79.9. The van der Waals surface area contributed by atoms with E-state index < -0.39 is 0 Å². The number of imidazole rings is 1. The highest BCUT2D eigenvalue weighted by Crippen LogP contribution is 2.29. The van der Waals surface area contributed by atoms with Crippen molar-refractivity contribution in [1.29, 1.82) is 0 Å². The van der Waals surface area contributed by atoms with Crippen molar-refractivity contribution in [2.45, 2.75) is 0 Å². The molecule has 0 spiro atoms. The summed E-state index contributed by atoms with van der Waals surface area (Å²) >= 11 is 9.67. The smallest absolute Gasteiger partial charge is 0.256 e. The first kappa shape index (κ1) is 16.8. The van der Waals surface area contributed by atoms with Crippen LogP contribution in [0.5, 0.6) is 0 Å². The molecule has 0 aliphatic carbocycles. The molecule has 6 heteroatoms.